The van der Waals surface area contributed by atoms with Gasteiger partial charge in [0.25, 0.3) is 0 Å². The Bertz CT molecular complexity index is 380. The zero-order valence-electron chi connectivity index (χ0n) is 9.25. The number of anilines is 2. The van der Waals surface area contributed by atoms with Crippen molar-refractivity contribution >= 4 is 17.1 Å². The highest BCUT2D eigenvalue weighted by molar-refractivity contribution is 5.83. The molecule has 1 aromatic carbocycles. The predicted molar refractivity (Wildman–Crippen MR) is 67.0 cm³/mol. The standard InChI is InChI=1S/C12H17N3/c1-4-9(2)14-10(3)15-12-8-6-5-7-11(12)13/h5-8,15H,3-4,13H2,1-2H3. The van der Waals surface area contributed by atoms with Gasteiger partial charge >= 0.3 is 0 Å². The average Bonchev–Trinajstić information content (AvgIpc) is 2.21. The number of rotatable bonds is 4. The van der Waals surface area contributed by atoms with E-state index in [0.717, 1.165) is 17.8 Å². The third-order valence-electron chi connectivity index (χ3n) is 2.08. The minimum Gasteiger partial charge on any atom is -0.397 e. The van der Waals surface area contributed by atoms with Crippen LogP contribution in [0.2, 0.25) is 0 Å². The Morgan fingerprint density at radius 1 is 1.47 bits per heavy atom. The summed E-state index contributed by atoms with van der Waals surface area (Å²) in [7, 11) is 0. The van der Waals surface area contributed by atoms with Crippen LogP contribution in [0.3, 0.4) is 0 Å². The first-order valence-corrected chi connectivity index (χ1v) is 4.98. The number of para-hydroxylation sites is 2. The van der Waals surface area contributed by atoms with Gasteiger partial charge in [-0.25, -0.2) is 4.99 Å². The van der Waals surface area contributed by atoms with E-state index in [2.05, 4.69) is 23.8 Å². The molecule has 0 amide bonds. The molecule has 0 aromatic heterocycles. The number of hydrogen-bond donors (Lipinski definition) is 2. The quantitative estimate of drug-likeness (QED) is 0.583. The van der Waals surface area contributed by atoms with Crippen LogP contribution in [0.5, 0.6) is 0 Å². The van der Waals surface area contributed by atoms with E-state index in [-0.39, 0.29) is 0 Å². The van der Waals surface area contributed by atoms with E-state index in [1.165, 1.54) is 0 Å². The van der Waals surface area contributed by atoms with Crippen LogP contribution in [0.4, 0.5) is 11.4 Å². The molecular formula is C12H17N3. The van der Waals surface area contributed by atoms with Crippen molar-refractivity contribution in [2.75, 3.05) is 11.1 Å². The molecule has 0 unspecified atom stereocenters. The first-order chi connectivity index (χ1) is 7.13. The second-order valence-corrected chi connectivity index (χ2v) is 3.36. The van der Waals surface area contributed by atoms with Crippen LogP contribution in [0.15, 0.2) is 41.7 Å². The summed E-state index contributed by atoms with van der Waals surface area (Å²) in [6.07, 6.45) is 0.922. The summed E-state index contributed by atoms with van der Waals surface area (Å²) in [6, 6.07) is 7.55. The maximum absolute atomic E-state index is 5.78. The maximum Gasteiger partial charge on any atom is 0.122 e. The van der Waals surface area contributed by atoms with Crippen molar-refractivity contribution < 1.29 is 0 Å². The Hall–Kier alpha value is -1.77. The summed E-state index contributed by atoms with van der Waals surface area (Å²) in [6.45, 7) is 7.86. The molecule has 0 aliphatic rings. The first kappa shape index (κ1) is 11.3. The highest BCUT2D eigenvalue weighted by atomic mass is 15.0. The fourth-order valence-corrected chi connectivity index (χ4v) is 1.10. The second-order valence-electron chi connectivity index (χ2n) is 3.36. The number of nitrogens with two attached hydrogens (primary N) is 1. The lowest BCUT2D eigenvalue weighted by atomic mass is 10.3. The van der Waals surface area contributed by atoms with E-state index in [1.807, 2.05) is 31.2 Å². The molecule has 3 nitrogen and oxygen atoms in total. The summed E-state index contributed by atoms with van der Waals surface area (Å²) < 4.78 is 0. The summed E-state index contributed by atoms with van der Waals surface area (Å²) in [5.41, 5.74) is 8.36. The Kier molecular flexibility index (Phi) is 3.92. The number of nitrogens with zero attached hydrogens (tertiary/aromatic N) is 1. The van der Waals surface area contributed by atoms with E-state index in [9.17, 15) is 0 Å². The molecular weight excluding hydrogens is 186 g/mol. The van der Waals surface area contributed by atoms with Gasteiger partial charge in [0.2, 0.25) is 0 Å². The first-order valence-electron chi connectivity index (χ1n) is 4.98. The van der Waals surface area contributed by atoms with Crippen LogP contribution in [0.1, 0.15) is 20.3 Å². The lowest BCUT2D eigenvalue weighted by Crippen LogP contribution is -2.01. The Morgan fingerprint density at radius 2 is 2.13 bits per heavy atom. The van der Waals surface area contributed by atoms with Crippen molar-refractivity contribution in [3.05, 3.63) is 36.7 Å². The normalized spacial score (nSPS) is 11.2. The molecule has 3 N–H and O–H groups in total. The fourth-order valence-electron chi connectivity index (χ4n) is 1.10. The van der Waals surface area contributed by atoms with Crippen LogP contribution < -0.4 is 11.1 Å². The van der Waals surface area contributed by atoms with Gasteiger partial charge in [-0.3, -0.25) is 0 Å². The van der Waals surface area contributed by atoms with Crippen molar-refractivity contribution in [2.45, 2.75) is 20.3 Å². The number of nitrogens with one attached hydrogen (secondary N) is 1. The number of aliphatic imine (C=N–C) groups is 1. The van der Waals surface area contributed by atoms with E-state index in [1.54, 1.807) is 0 Å². The lowest BCUT2D eigenvalue weighted by Gasteiger charge is -2.08. The zero-order chi connectivity index (χ0) is 11.3. The monoisotopic (exact) mass is 203 g/mol. The minimum absolute atomic E-state index is 0.618. The van der Waals surface area contributed by atoms with Crippen molar-refractivity contribution in [1.82, 2.24) is 0 Å². The van der Waals surface area contributed by atoms with Gasteiger partial charge in [0, 0.05) is 5.71 Å². The molecule has 0 spiro atoms. The summed E-state index contributed by atoms with van der Waals surface area (Å²) in [5.74, 6) is 0.618. The van der Waals surface area contributed by atoms with Crippen molar-refractivity contribution in [1.29, 1.82) is 0 Å². The van der Waals surface area contributed by atoms with Gasteiger partial charge in [0.05, 0.1) is 11.4 Å². The van der Waals surface area contributed by atoms with Gasteiger partial charge < -0.3 is 11.1 Å². The molecule has 3 heteroatoms. The van der Waals surface area contributed by atoms with Crippen LogP contribution in [-0.4, -0.2) is 5.71 Å². The predicted octanol–water partition coefficient (Wildman–Crippen LogP) is 3.02. The highest BCUT2D eigenvalue weighted by Gasteiger charge is 1.97. The largest absolute Gasteiger partial charge is 0.397 e. The molecule has 80 valence electrons. The molecule has 1 aromatic rings. The third-order valence-corrected chi connectivity index (χ3v) is 2.08. The zero-order valence-corrected chi connectivity index (χ0v) is 9.25. The van der Waals surface area contributed by atoms with Crippen LogP contribution >= 0.6 is 0 Å². The third kappa shape index (κ3) is 3.46. The highest BCUT2D eigenvalue weighted by Crippen LogP contribution is 2.18. The van der Waals surface area contributed by atoms with Gasteiger partial charge in [-0.15, -0.1) is 0 Å². The average molecular weight is 203 g/mol. The maximum atomic E-state index is 5.78. The summed E-state index contributed by atoms with van der Waals surface area (Å²) >= 11 is 0. The molecule has 0 aliphatic heterocycles. The van der Waals surface area contributed by atoms with Gasteiger partial charge in [-0.2, -0.15) is 0 Å². The summed E-state index contributed by atoms with van der Waals surface area (Å²) in [4.78, 5) is 4.29. The van der Waals surface area contributed by atoms with Crippen LogP contribution in [0.25, 0.3) is 0 Å². The van der Waals surface area contributed by atoms with Crippen molar-refractivity contribution in [3.8, 4) is 0 Å². The molecule has 0 radical (unpaired) electrons. The molecule has 0 heterocycles. The Labute approximate surface area is 90.7 Å². The number of hydrogen-bond acceptors (Lipinski definition) is 3. The van der Waals surface area contributed by atoms with Gasteiger partial charge in [0.1, 0.15) is 5.82 Å². The van der Waals surface area contributed by atoms with E-state index in [0.29, 0.717) is 11.5 Å². The van der Waals surface area contributed by atoms with Crippen molar-refractivity contribution in [2.24, 2.45) is 4.99 Å². The smallest absolute Gasteiger partial charge is 0.122 e. The molecule has 0 bridgehead atoms. The van der Waals surface area contributed by atoms with Crippen LogP contribution in [0, 0.1) is 0 Å². The molecule has 0 aliphatic carbocycles. The van der Waals surface area contributed by atoms with Gasteiger partial charge in [0.15, 0.2) is 0 Å². The molecule has 0 atom stereocenters. The van der Waals surface area contributed by atoms with Gasteiger partial charge in [-0.05, 0) is 25.5 Å². The number of benzene rings is 1. The van der Waals surface area contributed by atoms with Gasteiger partial charge in [-0.1, -0.05) is 25.6 Å². The Balaban J connectivity index is 2.71. The SMILES string of the molecule is C=C(N=C(C)CC)Nc1ccccc1N. The van der Waals surface area contributed by atoms with E-state index in [4.69, 9.17) is 5.73 Å². The van der Waals surface area contributed by atoms with E-state index >= 15 is 0 Å². The molecule has 0 fully saturated rings. The summed E-state index contributed by atoms with van der Waals surface area (Å²) in [5, 5.41) is 3.07. The van der Waals surface area contributed by atoms with Crippen LogP contribution in [-0.2, 0) is 0 Å². The Morgan fingerprint density at radius 3 is 2.73 bits per heavy atom. The minimum atomic E-state index is 0.618. The van der Waals surface area contributed by atoms with Crippen molar-refractivity contribution in [3.63, 3.8) is 0 Å². The molecule has 1 rings (SSSR count). The second kappa shape index (κ2) is 5.20. The fraction of sp³-hybridized carbons (Fsp3) is 0.250. The molecule has 0 saturated carbocycles. The topological polar surface area (TPSA) is 50.4 Å². The van der Waals surface area contributed by atoms with E-state index < -0.39 is 0 Å². The molecule has 15 heavy (non-hydrogen) atoms. The molecule has 0 saturated heterocycles. The lowest BCUT2D eigenvalue weighted by molar-refractivity contribution is 1.21. The number of nitrogen functional groups attached to an aromatic ring is 1.